The highest BCUT2D eigenvalue weighted by molar-refractivity contribution is 7.89. The second-order valence-corrected chi connectivity index (χ2v) is 5.22. The van der Waals surface area contributed by atoms with Crippen LogP contribution in [-0.2, 0) is 10.0 Å². The van der Waals surface area contributed by atoms with E-state index in [9.17, 15) is 8.42 Å². The minimum absolute atomic E-state index is 0.221. The molecule has 0 heterocycles. The number of sulfonamides is 1. The van der Waals surface area contributed by atoms with Gasteiger partial charge in [-0.2, -0.15) is 4.72 Å². The Morgan fingerprint density at radius 2 is 1.80 bits per heavy atom. The van der Waals surface area contributed by atoms with Gasteiger partial charge in [0.1, 0.15) is 0 Å². The summed E-state index contributed by atoms with van der Waals surface area (Å²) in [5, 5.41) is 0. The Hall–Kier alpha value is -1.11. The molecule has 0 radical (unpaired) electrons. The third-order valence-electron chi connectivity index (χ3n) is 1.76. The van der Waals surface area contributed by atoms with Gasteiger partial charge in [0, 0.05) is 5.69 Å². The Morgan fingerprint density at radius 1 is 1.27 bits per heavy atom. The lowest BCUT2D eigenvalue weighted by Crippen LogP contribution is -2.33. The van der Waals surface area contributed by atoms with Crippen molar-refractivity contribution in [3.05, 3.63) is 24.3 Å². The highest BCUT2D eigenvalue weighted by Crippen LogP contribution is 2.10. The molecule has 0 aliphatic heterocycles. The van der Waals surface area contributed by atoms with Gasteiger partial charge in [0.15, 0.2) is 0 Å². The maximum absolute atomic E-state index is 11.7. The third-order valence-corrected chi connectivity index (χ3v) is 3.16. The molecule has 0 aliphatic carbocycles. The standard InChI is InChI=1S/C9H15N3O2S/c1-12(2)7-11-15(13,14)9-5-3-8(10)4-6-9/h3-6,11H,7,10H2,1-2H3. The molecule has 3 N–H and O–H groups in total. The van der Waals surface area contributed by atoms with Crippen molar-refractivity contribution < 1.29 is 8.42 Å². The lowest BCUT2D eigenvalue weighted by molar-refractivity contribution is 0.399. The lowest BCUT2D eigenvalue weighted by Gasteiger charge is -2.11. The van der Waals surface area contributed by atoms with Crippen molar-refractivity contribution in [2.75, 3.05) is 26.5 Å². The van der Waals surface area contributed by atoms with Crippen LogP contribution in [0.15, 0.2) is 29.2 Å². The van der Waals surface area contributed by atoms with Crippen molar-refractivity contribution in [3.8, 4) is 0 Å². The number of anilines is 1. The number of nitrogens with one attached hydrogen (secondary N) is 1. The van der Waals surface area contributed by atoms with Crippen molar-refractivity contribution in [1.29, 1.82) is 0 Å². The molecule has 0 saturated carbocycles. The maximum Gasteiger partial charge on any atom is 0.241 e. The molecule has 0 saturated heterocycles. The first-order valence-corrected chi connectivity index (χ1v) is 5.90. The number of benzene rings is 1. The van der Waals surface area contributed by atoms with Gasteiger partial charge in [-0.05, 0) is 38.4 Å². The molecule has 6 heteroatoms. The average Bonchev–Trinajstić information content (AvgIpc) is 2.16. The Balaban J connectivity index is 2.82. The SMILES string of the molecule is CN(C)CNS(=O)(=O)c1ccc(N)cc1. The van der Waals surface area contributed by atoms with Crippen LogP contribution in [0, 0.1) is 0 Å². The molecule has 0 amide bonds. The van der Waals surface area contributed by atoms with E-state index < -0.39 is 10.0 Å². The molecule has 1 aromatic carbocycles. The van der Waals surface area contributed by atoms with Crippen molar-refractivity contribution in [3.63, 3.8) is 0 Å². The number of rotatable bonds is 4. The largest absolute Gasteiger partial charge is 0.399 e. The van der Waals surface area contributed by atoms with Crippen LogP contribution in [0.1, 0.15) is 0 Å². The van der Waals surface area contributed by atoms with Gasteiger partial charge < -0.3 is 5.73 Å². The zero-order valence-electron chi connectivity index (χ0n) is 8.77. The fourth-order valence-corrected chi connectivity index (χ4v) is 2.03. The molecular weight excluding hydrogens is 214 g/mol. The van der Waals surface area contributed by atoms with Crippen molar-refractivity contribution in [1.82, 2.24) is 9.62 Å². The molecule has 1 aromatic rings. The van der Waals surface area contributed by atoms with E-state index in [-0.39, 0.29) is 11.6 Å². The first kappa shape index (κ1) is 12.0. The van der Waals surface area contributed by atoms with Gasteiger partial charge in [-0.3, -0.25) is 4.90 Å². The molecule has 5 nitrogen and oxygen atoms in total. The predicted molar refractivity (Wildman–Crippen MR) is 59.7 cm³/mol. The Bertz CT molecular complexity index is 411. The van der Waals surface area contributed by atoms with Crippen LogP contribution in [0.5, 0.6) is 0 Å². The minimum atomic E-state index is -3.42. The Morgan fingerprint density at radius 3 is 2.27 bits per heavy atom. The number of nitrogens with zero attached hydrogens (tertiary/aromatic N) is 1. The third kappa shape index (κ3) is 3.50. The van der Waals surface area contributed by atoms with Crippen LogP contribution in [0.3, 0.4) is 0 Å². The summed E-state index contributed by atoms with van der Waals surface area (Å²) in [5.41, 5.74) is 6.01. The van der Waals surface area contributed by atoms with Crippen LogP contribution in [0.2, 0.25) is 0 Å². The second-order valence-electron chi connectivity index (χ2n) is 3.45. The van der Waals surface area contributed by atoms with Gasteiger partial charge in [0.2, 0.25) is 10.0 Å². The van der Waals surface area contributed by atoms with E-state index >= 15 is 0 Å². The fraction of sp³-hybridized carbons (Fsp3) is 0.333. The summed E-state index contributed by atoms with van der Waals surface area (Å²) in [6.45, 7) is 0.271. The predicted octanol–water partition coefficient (Wildman–Crippen LogP) is 0.0662. The van der Waals surface area contributed by atoms with Crippen LogP contribution in [0.4, 0.5) is 5.69 Å². The van der Waals surface area contributed by atoms with E-state index in [1.54, 1.807) is 31.1 Å². The molecule has 1 rings (SSSR count). The van der Waals surface area contributed by atoms with Gasteiger partial charge >= 0.3 is 0 Å². The fourth-order valence-electron chi connectivity index (χ4n) is 0.944. The number of hydrogen-bond donors (Lipinski definition) is 2. The Kier molecular flexibility index (Phi) is 3.67. The molecule has 0 spiro atoms. The summed E-state index contributed by atoms with van der Waals surface area (Å²) in [6.07, 6.45) is 0. The molecule has 0 atom stereocenters. The first-order valence-electron chi connectivity index (χ1n) is 4.42. The topological polar surface area (TPSA) is 75.4 Å². The molecule has 15 heavy (non-hydrogen) atoms. The van der Waals surface area contributed by atoms with Gasteiger partial charge in [0.25, 0.3) is 0 Å². The summed E-state index contributed by atoms with van der Waals surface area (Å²) >= 11 is 0. The molecule has 0 fully saturated rings. The first-order chi connectivity index (χ1) is 6.92. The van der Waals surface area contributed by atoms with Gasteiger partial charge in [-0.15, -0.1) is 0 Å². The summed E-state index contributed by atoms with van der Waals surface area (Å²) in [5.74, 6) is 0. The van der Waals surface area contributed by atoms with E-state index in [4.69, 9.17) is 5.73 Å². The molecule has 0 unspecified atom stereocenters. The molecular formula is C9H15N3O2S. The van der Waals surface area contributed by atoms with Crippen molar-refractivity contribution in [2.24, 2.45) is 0 Å². The van der Waals surface area contributed by atoms with E-state index in [2.05, 4.69) is 4.72 Å². The summed E-state index contributed by atoms with van der Waals surface area (Å²) in [4.78, 5) is 1.95. The lowest BCUT2D eigenvalue weighted by atomic mass is 10.3. The molecule has 0 aliphatic rings. The number of hydrogen-bond acceptors (Lipinski definition) is 4. The van der Waals surface area contributed by atoms with Gasteiger partial charge in [-0.1, -0.05) is 0 Å². The second kappa shape index (κ2) is 4.61. The van der Waals surface area contributed by atoms with Crippen molar-refractivity contribution in [2.45, 2.75) is 4.90 Å². The van der Waals surface area contributed by atoms with E-state index in [1.807, 2.05) is 0 Å². The maximum atomic E-state index is 11.7. The zero-order valence-corrected chi connectivity index (χ0v) is 9.58. The Labute approximate surface area is 89.9 Å². The monoisotopic (exact) mass is 229 g/mol. The van der Waals surface area contributed by atoms with E-state index in [0.29, 0.717) is 5.69 Å². The smallest absolute Gasteiger partial charge is 0.241 e. The molecule has 0 bridgehead atoms. The van der Waals surface area contributed by atoms with Crippen LogP contribution in [-0.4, -0.2) is 34.1 Å². The molecule has 84 valence electrons. The van der Waals surface area contributed by atoms with Crippen LogP contribution in [0.25, 0.3) is 0 Å². The van der Waals surface area contributed by atoms with Crippen LogP contribution >= 0.6 is 0 Å². The summed E-state index contributed by atoms with van der Waals surface area (Å²) in [6, 6.07) is 6.08. The number of nitrogens with two attached hydrogens (primary N) is 1. The average molecular weight is 229 g/mol. The highest BCUT2D eigenvalue weighted by atomic mass is 32.2. The van der Waals surface area contributed by atoms with Crippen LogP contribution < -0.4 is 10.5 Å². The van der Waals surface area contributed by atoms with E-state index in [1.165, 1.54) is 12.1 Å². The normalized spacial score (nSPS) is 11.9. The quantitative estimate of drug-likeness (QED) is 0.566. The van der Waals surface area contributed by atoms with Gasteiger partial charge in [0.05, 0.1) is 11.6 Å². The van der Waals surface area contributed by atoms with Crippen molar-refractivity contribution >= 4 is 15.7 Å². The molecule has 0 aromatic heterocycles. The minimum Gasteiger partial charge on any atom is -0.399 e. The van der Waals surface area contributed by atoms with Gasteiger partial charge in [-0.25, -0.2) is 8.42 Å². The number of nitrogen functional groups attached to an aromatic ring is 1. The van der Waals surface area contributed by atoms with E-state index in [0.717, 1.165) is 0 Å². The summed E-state index contributed by atoms with van der Waals surface area (Å²) in [7, 11) is 0.147. The zero-order chi connectivity index (χ0) is 11.5. The highest BCUT2D eigenvalue weighted by Gasteiger charge is 2.12. The summed E-state index contributed by atoms with van der Waals surface area (Å²) < 4.78 is 25.8.